The van der Waals surface area contributed by atoms with Gasteiger partial charge in [0, 0.05) is 24.9 Å². The standard InChI is InChI=1S/C18H13F3N6OS/c19-9-2-1-3-12-13(9)25-16(29-12)15-14-10(22-8-23-14)5-7-26(15)17(28)11-4-6-24-27(11)18(20)21/h1-4,6,8,15,18H,5,7H2,(H,22,23)/t15-/m0/s1. The van der Waals surface area contributed by atoms with Crippen molar-refractivity contribution in [2.24, 2.45) is 0 Å². The van der Waals surface area contributed by atoms with Crippen LogP contribution in [0.3, 0.4) is 0 Å². The Labute approximate surface area is 165 Å². The Morgan fingerprint density at radius 2 is 2.17 bits per heavy atom. The number of rotatable bonds is 3. The fourth-order valence-electron chi connectivity index (χ4n) is 3.58. The summed E-state index contributed by atoms with van der Waals surface area (Å²) in [7, 11) is 0. The van der Waals surface area contributed by atoms with Gasteiger partial charge in [-0.2, -0.15) is 18.6 Å². The molecular weight excluding hydrogens is 405 g/mol. The van der Waals surface area contributed by atoms with Crippen LogP contribution in [0.15, 0.2) is 36.8 Å². The molecule has 7 nitrogen and oxygen atoms in total. The number of H-pyrrole nitrogens is 1. The Kier molecular flexibility index (Phi) is 4.12. The minimum atomic E-state index is -2.94. The van der Waals surface area contributed by atoms with Gasteiger partial charge in [-0.25, -0.2) is 14.4 Å². The number of hydrogen-bond donors (Lipinski definition) is 1. The molecule has 0 bridgehead atoms. The first-order chi connectivity index (χ1) is 14.0. The maximum atomic E-state index is 14.2. The lowest BCUT2D eigenvalue weighted by molar-refractivity contribution is 0.0442. The van der Waals surface area contributed by atoms with Crippen LogP contribution in [0, 0.1) is 5.82 Å². The highest BCUT2D eigenvalue weighted by molar-refractivity contribution is 7.18. The second-order valence-electron chi connectivity index (χ2n) is 6.49. The number of thiazole rings is 1. The van der Waals surface area contributed by atoms with Gasteiger partial charge in [0.25, 0.3) is 5.91 Å². The Balaban J connectivity index is 1.63. The number of carbonyl (C=O) groups is 1. The van der Waals surface area contributed by atoms with Crippen LogP contribution in [0.25, 0.3) is 10.2 Å². The van der Waals surface area contributed by atoms with Gasteiger partial charge in [-0.3, -0.25) is 4.79 Å². The van der Waals surface area contributed by atoms with Crippen molar-refractivity contribution >= 4 is 27.5 Å². The van der Waals surface area contributed by atoms with Crippen molar-refractivity contribution in [1.29, 1.82) is 0 Å². The SMILES string of the molecule is O=C(c1ccnn1C(F)F)N1CCc2[nH]cnc2[C@H]1c1nc2c(F)cccc2s1. The van der Waals surface area contributed by atoms with Gasteiger partial charge in [-0.05, 0) is 18.2 Å². The van der Waals surface area contributed by atoms with E-state index in [2.05, 4.69) is 20.1 Å². The fraction of sp³-hybridized carbons (Fsp3) is 0.222. The highest BCUT2D eigenvalue weighted by Gasteiger charge is 2.38. The van der Waals surface area contributed by atoms with Gasteiger partial charge in [0.05, 0.1) is 16.7 Å². The first kappa shape index (κ1) is 17.9. The molecule has 1 aliphatic rings. The van der Waals surface area contributed by atoms with Gasteiger partial charge in [-0.15, -0.1) is 11.3 Å². The number of aromatic nitrogens is 5. The van der Waals surface area contributed by atoms with E-state index in [1.54, 1.807) is 12.1 Å². The van der Waals surface area contributed by atoms with E-state index < -0.39 is 24.3 Å². The lowest BCUT2D eigenvalue weighted by Crippen LogP contribution is -2.41. The molecule has 4 heterocycles. The molecule has 148 valence electrons. The zero-order valence-corrected chi connectivity index (χ0v) is 15.5. The highest BCUT2D eigenvalue weighted by Crippen LogP contribution is 2.38. The summed E-state index contributed by atoms with van der Waals surface area (Å²) in [6.45, 7) is -2.67. The normalized spacial score (nSPS) is 16.6. The van der Waals surface area contributed by atoms with Gasteiger partial charge in [-0.1, -0.05) is 6.07 Å². The van der Waals surface area contributed by atoms with Crippen LogP contribution in [0.2, 0.25) is 0 Å². The van der Waals surface area contributed by atoms with Crippen molar-refractivity contribution in [3.05, 3.63) is 64.7 Å². The average molecular weight is 418 g/mol. The van der Waals surface area contributed by atoms with E-state index in [0.717, 1.165) is 11.9 Å². The van der Waals surface area contributed by atoms with Crippen LogP contribution in [0.5, 0.6) is 0 Å². The second kappa shape index (κ2) is 6.69. The third kappa shape index (κ3) is 2.80. The second-order valence-corrected chi connectivity index (χ2v) is 7.56. The van der Waals surface area contributed by atoms with Crippen LogP contribution >= 0.6 is 11.3 Å². The molecule has 0 fully saturated rings. The predicted octanol–water partition coefficient (Wildman–Crippen LogP) is 3.54. The summed E-state index contributed by atoms with van der Waals surface area (Å²) in [5, 5.41) is 4.01. The number of para-hydroxylation sites is 1. The fourth-order valence-corrected chi connectivity index (χ4v) is 4.68. The number of nitrogens with one attached hydrogen (secondary N) is 1. The largest absolute Gasteiger partial charge is 0.348 e. The Hall–Kier alpha value is -3.21. The Morgan fingerprint density at radius 1 is 1.31 bits per heavy atom. The summed E-state index contributed by atoms with van der Waals surface area (Å²) in [4.78, 5) is 26.4. The van der Waals surface area contributed by atoms with E-state index in [4.69, 9.17) is 0 Å². The number of halogens is 3. The summed E-state index contributed by atoms with van der Waals surface area (Å²) in [6.07, 6.45) is 3.16. The van der Waals surface area contributed by atoms with E-state index in [0.29, 0.717) is 26.5 Å². The van der Waals surface area contributed by atoms with E-state index >= 15 is 0 Å². The monoisotopic (exact) mass is 418 g/mol. The Bertz CT molecular complexity index is 1220. The molecule has 0 unspecified atom stereocenters. The molecule has 0 saturated carbocycles. The van der Waals surface area contributed by atoms with Crippen molar-refractivity contribution in [3.63, 3.8) is 0 Å². The molecule has 0 saturated heterocycles. The first-order valence-electron chi connectivity index (χ1n) is 8.74. The van der Waals surface area contributed by atoms with Crippen molar-refractivity contribution in [1.82, 2.24) is 29.6 Å². The number of fused-ring (bicyclic) bond motifs is 2. The third-order valence-electron chi connectivity index (χ3n) is 4.88. The number of aromatic amines is 1. The van der Waals surface area contributed by atoms with Crippen LogP contribution in [0.4, 0.5) is 13.2 Å². The third-order valence-corrected chi connectivity index (χ3v) is 5.95. The molecule has 11 heteroatoms. The molecule has 0 spiro atoms. The summed E-state index contributed by atoms with van der Waals surface area (Å²) in [5.74, 6) is -1.07. The van der Waals surface area contributed by atoms with Crippen molar-refractivity contribution < 1.29 is 18.0 Å². The van der Waals surface area contributed by atoms with Gasteiger partial charge < -0.3 is 9.88 Å². The number of nitrogens with zero attached hydrogens (tertiary/aromatic N) is 5. The minimum Gasteiger partial charge on any atom is -0.348 e. The number of hydrogen-bond acceptors (Lipinski definition) is 5. The van der Waals surface area contributed by atoms with E-state index in [1.807, 2.05) is 0 Å². The molecule has 4 aromatic rings. The van der Waals surface area contributed by atoms with E-state index in [-0.39, 0.29) is 17.8 Å². The number of amides is 1. The summed E-state index contributed by atoms with van der Waals surface area (Å²) in [5.41, 5.74) is 1.39. The molecule has 1 aromatic carbocycles. The zero-order chi connectivity index (χ0) is 20.1. The van der Waals surface area contributed by atoms with Crippen molar-refractivity contribution in [3.8, 4) is 0 Å². The summed E-state index contributed by atoms with van der Waals surface area (Å²) in [6, 6.07) is 5.19. The van der Waals surface area contributed by atoms with E-state index in [1.165, 1.54) is 34.7 Å². The van der Waals surface area contributed by atoms with Crippen LogP contribution < -0.4 is 0 Å². The maximum absolute atomic E-state index is 14.2. The molecular formula is C18H13F3N6OS. The van der Waals surface area contributed by atoms with Gasteiger partial charge in [0.2, 0.25) is 0 Å². The van der Waals surface area contributed by atoms with Crippen molar-refractivity contribution in [2.45, 2.75) is 19.0 Å². The van der Waals surface area contributed by atoms with Gasteiger partial charge in [0.15, 0.2) is 0 Å². The molecule has 0 aliphatic carbocycles. The molecule has 1 N–H and O–H groups in total. The number of alkyl halides is 2. The predicted molar refractivity (Wildman–Crippen MR) is 98.2 cm³/mol. The highest BCUT2D eigenvalue weighted by atomic mass is 32.1. The zero-order valence-electron chi connectivity index (χ0n) is 14.7. The molecule has 5 rings (SSSR count). The van der Waals surface area contributed by atoms with E-state index in [9.17, 15) is 18.0 Å². The molecule has 1 aliphatic heterocycles. The van der Waals surface area contributed by atoms with Crippen LogP contribution in [-0.4, -0.2) is 42.1 Å². The lowest BCUT2D eigenvalue weighted by Gasteiger charge is -2.33. The molecule has 1 atom stereocenters. The Morgan fingerprint density at radius 3 is 2.97 bits per heavy atom. The molecule has 3 aromatic heterocycles. The first-order valence-corrected chi connectivity index (χ1v) is 9.56. The average Bonchev–Trinajstić information content (AvgIpc) is 3.44. The number of imidazole rings is 1. The minimum absolute atomic E-state index is 0.209. The van der Waals surface area contributed by atoms with Gasteiger partial charge >= 0.3 is 6.55 Å². The smallest absolute Gasteiger partial charge is 0.333 e. The summed E-state index contributed by atoms with van der Waals surface area (Å²) >= 11 is 1.24. The lowest BCUT2D eigenvalue weighted by atomic mass is 10.0. The summed E-state index contributed by atoms with van der Waals surface area (Å²) < 4.78 is 41.7. The quantitative estimate of drug-likeness (QED) is 0.552. The van der Waals surface area contributed by atoms with Crippen LogP contribution in [0.1, 0.15) is 39.5 Å². The van der Waals surface area contributed by atoms with Gasteiger partial charge in [0.1, 0.15) is 28.1 Å². The maximum Gasteiger partial charge on any atom is 0.333 e. The molecule has 1 amide bonds. The van der Waals surface area contributed by atoms with Crippen LogP contribution in [-0.2, 0) is 6.42 Å². The number of benzene rings is 1. The topological polar surface area (TPSA) is 79.7 Å². The molecule has 29 heavy (non-hydrogen) atoms. The molecule has 0 radical (unpaired) electrons. The number of carbonyl (C=O) groups excluding carboxylic acids is 1. The van der Waals surface area contributed by atoms with Crippen molar-refractivity contribution in [2.75, 3.05) is 6.54 Å².